The van der Waals surface area contributed by atoms with Crippen LogP contribution in [0.1, 0.15) is 0 Å². The van der Waals surface area contributed by atoms with Crippen molar-refractivity contribution in [2.24, 2.45) is 0 Å². The van der Waals surface area contributed by atoms with Crippen LogP contribution in [-0.4, -0.2) is 55.2 Å². The largest absolute Gasteiger partial charge is 0.494 e. The number of benzene rings is 2. The molecule has 0 unspecified atom stereocenters. The smallest absolute Gasteiger partial charge is 0.144 e. The Morgan fingerprint density at radius 2 is 1.75 bits per heavy atom. The molecule has 4 aromatic rings. The summed E-state index contributed by atoms with van der Waals surface area (Å²) in [5, 5.41) is 6.84. The molecule has 32 heavy (non-hydrogen) atoms. The number of rotatable bonds is 6. The second-order valence-corrected chi connectivity index (χ2v) is 8.78. The minimum absolute atomic E-state index is 0.746. The molecule has 7 nitrogen and oxygen atoms in total. The van der Waals surface area contributed by atoms with Crippen molar-refractivity contribution < 1.29 is 4.74 Å². The van der Waals surface area contributed by atoms with Crippen LogP contribution in [0.5, 0.6) is 5.75 Å². The van der Waals surface area contributed by atoms with Gasteiger partial charge in [0.25, 0.3) is 0 Å². The van der Waals surface area contributed by atoms with Gasteiger partial charge in [0.05, 0.1) is 28.5 Å². The zero-order chi connectivity index (χ0) is 21.9. The Labute approximate surface area is 191 Å². The predicted molar refractivity (Wildman–Crippen MR) is 133 cm³/mol. The average Bonchev–Trinajstić information content (AvgIpc) is 3.28. The van der Waals surface area contributed by atoms with Crippen LogP contribution in [0.15, 0.2) is 60.2 Å². The molecule has 0 saturated carbocycles. The maximum absolute atomic E-state index is 5.68. The summed E-state index contributed by atoms with van der Waals surface area (Å²) in [6, 6.07) is 16.4. The summed E-state index contributed by atoms with van der Waals surface area (Å²) in [5.74, 6) is 1.55. The number of likely N-dealkylation sites (N-methyl/N-ethyl adjacent to an activating group) is 1. The van der Waals surface area contributed by atoms with Gasteiger partial charge in [-0.15, -0.1) is 11.3 Å². The van der Waals surface area contributed by atoms with Crippen molar-refractivity contribution in [3.8, 4) is 5.75 Å². The summed E-state index contributed by atoms with van der Waals surface area (Å²) in [6.07, 6.45) is 1.79. The number of hydrogen-bond donors (Lipinski definition) is 2. The fourth-order valence-electron chi connectivity index (χ4n) is 3.86. The fourth-order valence-corrected chi connectivity index (χ4v) is 4.52. The Morgan fingerprint density at radius 3 is 2.59 bits per heavy atom. The second-order valence-electron chi connectivity index (χ2n) is 7.89. The number of aromatic nitrogens is 2. The highest BCUT2D eigenvalue weighted by atomic mass is 32.1. The van der Waals surface area contributed by atoms with Crippen LogP contribution in [-0.2, 0) is 0 Å². The SMILES string of the molecule is COc1cc(N2CCN(C)CC2)ccc1Nc1cc(Nc2ccc3scnc3c2)ccn1. The summed E-state index contributed by atoms with van der Waals surface area (Å²) in [7, 11) is 3.87. The van der Waals surface area contributed by atoms with Gasteiger partial charge in [-0.2, -0.15) is 0 Å². The van der Waals surface area contributed by atoms with Gasteiger partial charge in [-0.05, 0) is 43.4 Å². The van der Waals surface area contributed by atoms with E-state index in [9.17, 15) is 0 Å². The van der Waals surface area contributed by atoms with Gasteiger partial charge < -0.3 is 25.2 Å². The summed E-state index contributed by atoms with van der Waals surface area (Å²) in [6.45, 7) is 4.19. The molecule has 1 aliphatic heterocycles. The Morgan fingerprint density at radius 1 is 0.906 bits per heavy atom. The zero-order valence-electron chi connectivity index (χ0n) is 18.2. The van der Waals surface area contributed by atoms with E-state index in [-0.39, 0.29) is 0 Å². The summed E-state index contributed by atoms with van der Waals surface area (Å²) >= 11 is 1.64. The van der Waals surface area contributed by atoms with E-state index < -0.39 is 0 Å². The number of pyridine rings is 1. The van der Waals surface area contributed by atoms with E-state index in [1.165, 1.54) is 10.4 Å². The van der Waals surface area contributed by atoms with Crippen molar-refractivity contribution in [3.63, 3.8) is 0 Å². The van der Waals surface area contributed by atoms with Crippen molar-refractivity contribution in [1.82, 2.24) is 14.9 Å². The summed E-state index contributed by atoms with van der Waals surface area (Å²) < 4.78 is 6.86. The van der Waals surface area contributed by atoms with Gasteiger partial charge in [0, 0.05) is 61.6 Å². The number of methoxy groups -OCH3 is 1. The first-order valence-electron chi connectivity index (χ1n) is 10.6. The molecule has 1 aliphatic rings. The van der Waals surface area contributed by atoms with E-state index in [0.29, 0.717) is 0 Å². The lowest BCUT2D eigenvalue weighted by Crippen LogP contribution is -2.44. The highest BCUT2D eigenvalue weighted by Gasteiger charge is 2.16. The Bertz CT molecular complexity index is 1220. The number of nitrogens with zero attached hydrogens (tertiary/aromatic N) is 4. The first-order valence-corrected chi connectivity index (χ1v) is 11.5. The van der Waals surface area contributed by atoms with E-state index in [2.05, 4.69) is 73.8 Å². The minimum atomic E-state index is 0.746. The Kier molecular flexibility index (Phi) is 5.79. The standard InChI is InChI=1S/C24H26N6OS/c1-29-9-11-30(12-10-29)19-4-5-20(22(15-19)31-2)28-24-14-18(7-8-25-24)27-17-3-6-23-21(13-17)26-16-32-23/h3-8,13-16H,9-12H2,1-2H3,(H2,25,27,28). The topological polar surface area (TPSA) is 65.6 Å². The van der Waals surface area contributed by atoms with Crippen LogP contribution in [0.25, 0.3) is 10.2 Å². The highest BCUT2D eigenvalue weighted by Crippen LogP contribution is 2.33. The van der Waals surface area contributed by atoms with E-state index >= 15 is 0 Å². The molecule has 1 fully saturated rings. The van der Waals surface area contributed by atoms with Crippen molar-refractivity contribution in [1.29, 1.82) is 0 Å². The number of piperazine rings is 1. The summed E-state index contributed by atoms with van der Waals surface area (Å²) in [5.41, 5.74) is 6.88. The van der Waals surface area contributed by atoms with Gasteiger partial charge >= 0.3 is 0 Å². The third kappa shape index (κ3) is 4.46. The van der Waals surface area contributed by atoms with Crippen LogP contribution < -0.4 is 20.3 Å². The third-order valence-corrected chi connectivity index (χ3v) is 6.51. The molecule has 8 heteroatoms. The number of hydrogen-bond acceptors (Lipinski definition) is 8. The molecule has 5 rings (SSSR count). The zero-order valence-corrected chi connectivity index (χ0v) is 19.0. The first kappa shape index (κ1) is 20.5. The molecule has 2 aromatic heterocycles. The highest BCUT2D eigenvalue weighted by molar-refractivity contribution is 7.16. The van der Waals surface area contributed by atoms with Gasteiger partial charge in [-0.1, -0.05) is 0 Å². The molecule has 164 valence electrons. The maximum atomic E-state index is 5.68. The molecule has 2 N–H and O–H groups in total. The number of anilines is 5. The van der Waals surface area contributed by atoms with Crippen molar-refractivity contribution in [2.75, 3.05) is 55.9 Å². The second kappa shape index (κ2) is 9.02. The van der Waals surface area contributed by atoms with Crippen LogP contribution in [0.3, 0.4) is 0 Å². The quantitative estimate of drug-likeness (QED) is 0.435. The van der Waals surface area contributed by atoms with Gasteiger partial charge in [0.15, 0.2) is 0 Å². The molecule has 3 heterocycles. The average molecular weight is 447 g/mol. The van der Waals surface area contributed by atoms with E-state index in [1.54, 1.807) is 24.6 Å². The van der Waals surface area contributed by atoms with Crippen LogP contribution in [0, 0.1) is 0 Å². The van der Waals surface area contributed by atoms with Crippen LogP contribution >= 0.6 is 11.3 Å². The van der Waals surface area contributed by atoms with E-state index in [0.717, 1.165) is 60.3 Å². The normalized spacial score (nSPS) is 14.5. The molecular formula is C24H26N6OS. The van der Waals surface area contributed by atoms with Crippen molar-refractivity contribution in [2.45, 2.75) is 0 Å². The van der Waals surface area contributed by atoms with Gasteiger partial charge in [0.1, 0.15) is 11.6 Å². The number of nitrogens with one attached hydrogen (secondary N) is 2. The first-order chi connectivity index (χ1) is 15.7. The molecule has 1 saturated heterocycles. The fraction of sp³-hybridized carbons (Fsp3) is 0.250. The lowest BCUT2D eigenvalue weighted by molar-refractivity contribution is 0.312. The predicted octanol–water partition coefficient (Wildman–Crippen LogP) is 4.94. The molecule has 2 aromatic carbocycles. The lowest BCUT2D eigenvalue weighted by atomic mass is 10.2. The van der Waals surface area contributed by atoms with Gasteiger partial charge in [0.2, 0.25) is 0 Å². The van der Waals surface area contributed by atoms with E-state index in [4.69, 9.17) is 4.74 Å². The van der Waals surface area contributed by atoms with E-state index in [1.807, 2.05) is 17.6 Å². The Hall–Kier alpha value is -3.36. The van der Waals surface area contributed by atoms with Gasteiger partial charge in [-0.3, -0.25) is 0 Å². The number of fused-ring (bicyclic) bond motifs is 1. The molecule has 0 bridgehead atoms. The van der Waals surface area contributed by atoms with Crippen molar-refractivity contribution >= 4 is 50.1 Å². The summed E-state index contributed by atoms with van der Waals surface area (Å²) in [4.78, 5) is 13.6. The number of ether oxygens (including phenoxy) is 1. The minimum Gasteiger partial charge on any atom is -0.494 e. The van der Waals surface area contributed by atoms with Crippen LogP contribution in [0.4, 0.5) is 28.6 Å². The monoisotopic (exact) mass is 446 g/mol. The molecule has 0 atom stereocenters. The van der Waals surface area contributed by atoms with Gasteiger partial charge in [-0.25, -0.2) is 9.97 Å². The molecule has 0 amide bonds. The maximum Gasteiger partial charge on any atom is 0.144 e. The molecule has 0 spiro atoms. The third-order valence-electron chi connectivity index (χ3n) is 5.70. The molecule has 0 radical (unpaired) electrons. The van der Waals surface area contributed by atoms with Crippen molar-refractivity contribution in [3.05, 3.63) is 60.2 Å². The number of thiazole rings is 1. The van der Waals surface area contributed by atoms with Crippen LogP contribution in [0.2, 0.25) is 0 Å². The molecule has 0 aliphatic carbocycles. The Balaban J connectivity index is 1.32. The lowest BCUT2D eigenvalue weighted by Gasteiger charge is -2.34. The molecular weight excluding hydrogens is 420 g/mol.